The van der Waals surface area contributed by atoms with Crippen LogP contribution in [0.2, 0.25) is 19.6 Å². The van der Waals surface area contributed by atoms with E-state index in [9.17, 15) is 0 Å². The molecule has 0 N–H and O–H groups in total. The quantitative estimate of drug-likeness (QED) is 0.127. The molecule has 7 aromatic rings. The number of aryl methyl sites for hydroxylation is 3. The molecule has 4 aromatic carbocycles. The summed E-state index contributed by atoms with van der Waals surface area (Å²) in [7, 11) is -1.23. The summed E-state index contributed by atoms with van der Waals surface area (Å²) in [5.41, 5.74) is 10.2. The van der Waals surface area contributed by atoms with Crippen LogP contribution in [0, 0.1) is 38.3 Å². The van der Waals surface area contributed by atoms with Crippen molar-refractivity contribution in [1.29, 1.82) is 0 Å². The van der Waals surface area contributed by atoms with E-state index in [0.717, 1.165) is 22.5 Å². The molecule has 0 fully saturated rings. The second-order valence-corrected chi connectivity index (χ2v) is 21.1. The molecule has 0 unspecified atom stereocenters. The van der Waals surface area contributed by atoms with Gasteiger partial charge in [-0.1, -0.05) is 93.3 Å². The van der Waals surface area contributed by atoms with Crippen molar-refractivity contribution in [2.75, 3.05) is 0 Å². The maximum absolute atomic E-state index is 8.68. The average Bonchev–Trinajstić information content (AvgIpc) is 3.45. The van der Waals surface area contributed by atoms with Gasteiger partial charge in [0, 0.05) is 39.9 Å². The second kappa shape index (κ2) is 15.2. The fourth-order valence-electron chi connectivity index (χ4n) is 6.30. The van der Waals surface area contributed by atoms with Crippen molar-refractivity contribution in [2.24, 2.45) is 5.41 Å². The minimum absolute atomic E-state index is 0. The van der Waals surface area contributed by atoms with Crippen molar-refractivity contribution in [1.82, 2.24) is 9.97 Å². The van der Waals surface area contributed by atoms with Crippen LogP contribution in [0.4, 0.5) is 0 Å². The fraction of sp³-hybridized carbons (Fsp3) is 0.244. The van der Waals surface area contributed by atoms with Gasteiger partial charge in [-0.3, -0.25) is 0 Å². The zero-order valence-electron chi connectivity index (χ0n) is 32.5. The van der Waals surface area contributed by atoms with Crippen molar-refractivity contribution in [3.63, 3.8) is 0 Å². The van der Waals surface area contributed by atoms with Gasteiger partial charge in [0.05, 0.1) is 8.07 Å². The topological polar surface area (TPSA) is 25.8 Å². The molecule has 0 aliphatic carbocycles. The zero-order chi connectivity index (χ0) is 36.7. The average molecular weight is 869 g/mol. The number of hydrogen-bond donors (Lipinski definition) is 0. The van der Waals surface area contributed by atoms with E-state index in [0.29, 0.717) is 5.56 Å². The Morgan fingerprint density at radius 2 is 1.50 bits per heavy atom. The van der Waals surface area contributed by atoms with Crippen molar-refractivity contribution in [3.05, 3.63) is 138 Å². The van der Waals surface area contributed by atoms with Gasteiger partial charge in [0.2, 0.25) is 0 Å². The fourth-order valence-corrected chi connectivity index (χ4v) is 8.38. The molecular weight excluding hydrogens is 821 g/mol. The molecule has 5 heteroatoms. The molecule has 2 nitrogen and oxygen atoms in total. The summed E-state index contributed by atoms with van der Waals surface area (Å²) in [5.74, 6) is 0. The van der Waals surface area contributed by atoms with E-state index < -0.39 is 19.9 Å². The Kier molecular flexibility index (Phi) is 10.6. The number of hydrogen-bond acceptors (Lipinski definition) is 3. The SMILES string of the molecule is C[Si](C)(C)c1ccc(-c2[c-]cccc2)nc1.[2H]C([2H])(c1ccnc(-c2[c-]cc3sc4ccc(-c5c(C)cc(C)cc5C)cc4c3c2)c1)C(C)(C)C.[Ir]. The number of rotatable bonds is 5. The number of pyridine rings is 2. The van der Waals surface area contributed by atoms with E-state index in [1.54, 1.807) is 23.6 Å². The van der Waals surface area contributed by atoms with Crippen LogP contribution in [0.25, 0.3) is 53.8 Å². The molecule has 0 amide bonds. The Morgan fingerprint density at radius 1 is 0.760 bits per heavy atom. The van der Waals surface area contributed by atoms with Gasteiger partial charge in [-0.25, -0.2) is 0 Å². The summed E-state index contributed by atoms with van der Waals surface area (Å²) in [6.45, 7) is 19.3. The van der Waals surface area contributed by atoms with Crippen LogP contribution in [-0.4, -0.2) is 18.0 Å². The molecule has 3 heterocycles. The molecule has 0 atom stereocenters. The Morgan fingerprint density at radius 3 is 2.14 bits per heavy atom. The largest absolute Gasteiger partial charge is 0.305 e. The summed E-state index contributed by atoms with van der Waals surface area (Å²) in [5, 5.41) is 3.82. The third-order valence-corrected chi connectivity index (χ3v) is 11.7. The Labute approximate surface area is 320 Å². The Balaban J connectivity index is 0.000000258. The van der Waals surface area contributed by atoms with Crippen LogP contribution in [0.3, 0.4) is 0 Å². The molecule has 0 saturated heterocycles. The van der Waals surface area contributed by atoms with Crippen LogP contribution in [-0.2, 0) is 26.5 Å². The van der Waals surface area contributed by atoms with Crippen LogP contribution in [0.5, 0.6) is 0 Å². The molecule has 7 rings (SSSR count). The molecule has 1 radical (unpaired) electrons. The second-order valence-electron chi connectivity index (χ2n) is 15.0. The third-order valence-electron chi connectivity index (χ3n) is 8.54. The summed E-state index contributed by atoms with van der Waals surface area (Å²) >= 11 is 1.78. The standard InChI is InChI=1S/C31H30NS.C14H16NSi.Ir/c1-19-13-20(2)30(21(3)14-19)24-8-10-29-26(17-24)25-16-23(7-9-28(25)33-29)27-15-22(11-12-32-27)18-31(4,5)6;1-16(2,3)13-9-10-14(15-11-13)12-7-5-4-6-8-12;/h8-17H,18H2,1-6H3;4-7,9-11H,1-3H3;/q2*-1;/i18D2;;. The number of thiophene rings is 1. The van der Waals surface area contributed by atoms with Crippen LogP contribution < -0.4 is 5.19 Å². The predicted molar refractivity (Wildman–Crippen MR) is 216 cm³/mol. The smallest absolute Gasteiger partial charge is 0.0795 e. The molecule has 0 aliphatic heterocycles. The Hall–Kier alpha value is -3.73. The minimum atomic E-state index is -1.47. The van der Waals surface area contributed by atoms with E-state index >= 15 is 0 Å². The van der Waals surface area contributed by atoms with Crippen molar-refractivity contribution in [3.8, 4) is 33.6 Å². The summed E-state index contributed by atoms with van der Waals surface area (Å²) in [4.78, 5) is 9.10. The van der Waals surface area contributed by atoms with Crippen molar-refractivity contribution >= 4 is 44.8 Å². The van der Waals surface area contributed by atoms with Gasteiger partial charge in [-0.05, 0) is 99.7 Å². The van der Waals surface area contributed by atoms with Crippen LogP contribution in [0.15, 0.2) is 103 Å². The molecule has 0 bridgehead atoms. The van der Waals surface area contributed by atoms with Gasteiger partial charge in [-0.2, -0.15) is 11.3 Å². The molecule has 3 aromatic heterocycles. The number of fused-ring (bicyclic) bond motifs is 3. The van der Waals surface area contributed by atoms with Crippen LogP contribution in [0.1, 0.15) is 45.8 Å². The van der Waals surface area contributed by atoms with E-state index in [-0.39, 0.29) is 20.1 Å². The predicted octanol–water partition coefficient (Wildman–Crippen LogP) is 12.2. The molecule has 257 valence electrons. The van der Waals surface area contributed by atoms with Crippen LogP contribution >= 0.6 is 11.3 Å². The maximum atomic E-state index is 8.68. The number of aromatic nitrogens is 2. The van der Waals surface area contributed by atoms with Crippen molar-refractivity contribution in [2.45, 2.75) is 67.6 Å². The molecule has 0 aliphatic rings. The first-order valence-corrected chi connectivity index (χ1v) is 21.2. The summed E-state index contributed by atoms with van der Waals surface area (Å²) in [6.07, 6.45) is 2.25. The summed E-state index contributed by atoms with van der Waals surface area (Å²) < 4.78 is 19.8. The zero-order valence-corrected chi connectivity index (χ0v) is 34.7. The van der Waals surface area contributed by atoms with E-state index in [2.05, 4.69) is 111 Å². The van der Waals surface area contributed by atoms with Gasteiger partial charge in [0.25, 0.3) is 0 Å². The van der Waals surface area contributed by atoms with E-state index in [1.165, 1.54) is 53.2 Å². The first-order chi connectivity index (χ1) is 24.0. The van der Waals surface area contributed by atoms with Gasteiger partial charge in [-0.15, -0.1) is 59.7 Å². The van der Waals surface area contributed by atoms with E-state index in [1.807, 2.05) is 63.4 Å². The number of benzene rings is 4. The van der Waals surface area contributed by atoms with Gasteiger partial charge in [0.15, 0.2) is 0 Å². The van der Waals surface area contributed by atoms with E-state index in [4.69, 9.17) is 2.74 Å². The molecule has 0 saturated carbocycles. The minimum Gasteiger partial charge on any atom is -0.305 e. The summed E-state index contributed by atoms with van der Waals surface area (Å²) in [6, 6.07) is 38.0. The first-order valence-electron chi connectivity index (χ1n) is 17.9. The first kappa shape index (κ1) is 34.7. The monoisotopic (exact) mass is 869 g/mol. The Bertz CT molecular complexity index is 2310. The van der Waals surface area contributed by atoms with Gasteiger partial charge < -0.3 is 9.97 Å². The van der Waals surface area contributed by atoms with Crippen molar-refractivity contribution < 1.29 is 22.8 Å². The number of nitrogens with zero attached hydrogens (tertiary/aromatic N) is 2. The third kappa shape index (κ3) is 8.76. The molecular formula is C45H46IrN2SSi-2. The van der Waals surface area contributed by atoms with Gasteiger partial charge in [0.1, 0.15) is 0 Å². The normalized spacial score (nSPS) is 12.5. The maximum Gasteiger partial charge on any atom is 0.0795 e. The molecule has 50 heavy (non-hydrogen) atoms. The van der Waals surface area contributed by atoms with Gasteiger partial charge >= 0.3 is 0 Å². The molecule has 0 spiro atoms.